The van der Waals surface area contributed by atoms with E-state index >= 15 is 0 Å². The molecule has 1 aliphatic rings. The molecule has 28 heteroatoms. The number of nitrogens with zero attached hydrogens (tertiary/aromatic N) is 8. The lowest BCUT2D eigenvalue weighted by Gasteiger charge is -2.36. The largest absolute Gasteiger partial charge is 0.380 e. The van der Waals surface area contributed by atoms with Crippen LogP contribution >= 0.6 is 0 Å². The Bertz CT molecular complexity index is 1890. The number of ether oxygens (including phenoxy) is 4. The number of carbonyl (C=O) groups excluding carboxylic acids is 7. The van der Waals surface area contributed by atoms with Gasteiger partial charge in [0.25, 0.3) is 17.7 Å². The van der Waals surface area contributed by atoms with E-state index in [1.165, 1.54) is 26.8 Å². The molecule has 374 valence electrons. The van der Waals surface area contributed by atoms with Crippen molar-refractivity contribution in [2.24, 2.45) is 5.41 Å². The van der Waals surface area contributed by atoms with Gasteiger partial charge in [0.15, 0.2) is 5.52 Å². The Morgan fingerprint density at radius 3 is 1.42 bits per heavy atom. The number of fused-ring (bicyclic) bond motifs is 1. The highest BCUT2D eigenvalue weighted by Gasteiger charge is 2.34. The lowest BCUT2D eigenvalue weighted by molar-refractivity contribution is -0.383. The van der Waals surface area contributed by atoms with Crippen LogP contribution in [0.3, 0.4) is 0 Å². The van der Waals surface area contributed by atoms with E-state index in [0.717, 1.165) is 21.1 Å². The number of anilines is 1. The molecule has 0 saturated carbocycles. The summed E-state index contributed by atoms with van der Waals surface area (Å²) in [5.74, 6) is -4.17. The van der Waals surface area contributed by atoms with Crippen LogP contribution in [0.4, 0.5) is 11.4 Å². The van der Waals surface area contributed by atoms with E-state index in [1.54, 1.807) is 11.0 Å². The maximum atomic E-state index is 13.4. The molecule has 1 aromatic heterocycles. The fourth-order valence-corrected chi connectivity index (χ4v) is 6.62. The summed E-state index contributed by atoms with van der Waals surface area (Å²) in [4.78, 5) is 102. The maximum Gasteiger partial charge on any atom is 0.300 e. The monoisotopic (exact) mass is 955 g/mol. The van der Waals surface area contributed by atoms with E-state index in [1.807, 2.05) is 4.90 Å². The first kappa shape index (κ1) is 55.2. The van der Waals surface area contributed by atoms with Crippen molar-refractivity contribution in [3.05, 3.63) is 22.2 Å². The quantitative estimate of drug-likeness (QED) is 0.0243. The Hall–Kier alpha value is -6.17. The topological polar surface area (TPSA) is 351 Å². The molecule has 0 spiro atoms. The Morgan fingerprint density at radius 1 is 0.672 bits per heavy atom. The van der Waals surface area contributed by atoms with Crippen LogP contribution in [0.5, 0.6) is 0 Å². The lowest BCUT2D eigenvalue weighted by Crippen LogP contribution is -2.49. The van der Waals surface area contributed by atoms with Gasteiger partial charge in [0.05, 0.1) is 75.3 Å². The predicted octanol–water partition coefficient (Wildman–Crippen LogP) is -1.55. The third-order valence-corrected chi connectivity index (χ3v) is 10.3. The molecule has 2 heterocycles. The molecule has 1 aliphatic heterocycles. The molecule has 1 saturated heterocycles. The van der Waals surface area contributed by atoms with Gasteiger partial charge in [-0.15, -0.1) is 0 Å². The van der Waals surface area contributed by atoms with E-state index < -0.39 is 63.9 Å². The smallest absolute Gasteiger partial charge is 0.300 e. The number of carbonyl (C=O) groups is 7. The number of nitro benzene ring substituents is 1. The number of hydrogen-bond acceptors (Lipinski definition) is 20. The molecule has 3 rings (SSSR count). The first-order chi connectivity index (χ1) is 31.7. The maximum absolute atomic E-state index is 13.4. The third kappa shape index (κ3) is 17.5. The number of amides is 7. The SMILES string of the molecule is CC(NC(=O)CCOCC(COCCC(=O)NC(C)C(=O)N(C)O)(COCCC(=O)NC(C)C(=O)N(C)O)COCCC(=O)N1CCN(c2ccc([N+](=O)[O-])c3nonc23)CC1)C(=O)N(C)O. The van der Waals surface area contributed by atoms with E-state index in [0.29, 0.717) is 47.1 Å². The number of hydrogen-bond donors (Lipinski definition) is 6. The number of rotatable bonds is 28. The zero-order valence-corrected chi connectivity index (χ0v) is 38.3. The molecular formula is C39H61N11O17. The standard InChI is InChI=1S/C39H61N11O17/c1-25(36(55)45(4)58)40-30(51)9-17-63-21-39(22-64-18-10-31(52)41-26(2)37(56)46(5)59,23-65-19-11-32(53)42-27(3)38(57)47(6)60)24-66-20-12-33(54)49-15-13-48(14-16-49)28-7-8-29(50(61)62)35-34(28)43-67-44-35/h7-8,25-27,58-60H,9-24H2,1-6H3,(H,40,51)(H,41,52)(H,42,53). The second-order valence-corrected chi connectivity index (χ2v) is 15.9. The van der Waals surface area contributed by atoms with Crippen molar-refractivity contribution in [1.82, 2.24) is 46.4 Å². The molecule has 1 fully saturated rings. The van der Waals surface area contributed by atoms with Crippen LogP contribution in [0.25, 0.3) is 11.0 Å². The van der Waals surface area contributed by atoms with E-state index in [9.17, 15) is 59.3 Å². The van der Waals surface area contributed by atoms with Gasteiger partial charge in [-0.25, -0.2) is 19.8 Å². The average molecular weight is 956 g/mol. The Balaban J connectivity index is 1.69. The summed E-state index contributed by atoms with van der Waals surface area (Å²) >= 11 is 0. The molecule has 2 aromatic rings. The van der Waals surface area contributed by atoms with Crippen molar-refractivity contribution in [2.75, 3.05) is 105 Å². The number of non-ortho nitro benzene ring substituents is 1. The van der Waals surface area contributed by atoms with E-state index in [2.05, 4.69) is 26.3 Å². The van der Waals surface area contributed by atoms with Gasteiger partial charge in [0, 0.05) is 72.7 Å². The molecule has 0 aliphatic carbocycles. The minimum absolute atomic E-state index is 0.0104. The molecule has 7 amide bonds. The summed E-state index contributed by atoms with van der Waals surface area (Å²) in [6, 6.07) is -0.231. The number of nitro groups is 1. The van der Waals surface area contributed by atoms with Gasteiger partial charge in [-0.2, -0.15) is 0 Å². The van der Waals surface area contributed by atoms with Crippen molar-refractivity contribution >= 4 is 63.8 Å². The average Bonchev–Trinajstić information content (AvgIpc) is 3.78. The van der Waals surface area contributed by atoms with Crippen LogP contribution in [0.2, 0.25) is 0 Å². The summed E-state index contributed by atoms with van der Waals surface area (Å²) in [6.07, 6.45) is -0.679. The zero-order chi connectivity index (χ0) is 49.8. The highest BCUT2D eigenvalue weighted by atomic mass is 16.6. The number of hydroxylamine groups is 6. The number of nitrogens with one attached hydrogen (secondary N) is 3. The Morgan fingerprint density at radius 2 is 1.04 bits per heavy atom. The van der Waals surface area contributed by atoms with Gasteiger partial charge in [-0.3, -0.25) is 59.3 Å². The molecule has 0 bridgehead atoms. The minimum atomic E-state index is -1.21. The molecular weight excluding hydrogens is 894 g/mol. The van der Waals surface area contributed by atoms with Crippen LogP contribution in [-0.2, 0) is 52.5 Å². The van der Waals surface area contributed by atoms with Crippen LogP contribution in [-0.4, -0.2) is 211 Å². The van der Waals surface area contributed by atoms with Crippen molar-refractivity contribution in [3.63, 3.8) is 0 Å². The van der Waals surface area contributed by atoms with Crippen molar-refractivity contribution in [1.29, 1.82) is 0 Å². The number of aromatic nitrogens is 2. The van der Waals surface area contributed by atoms with Gasteiger partial charge >= 0.3 is 5.69 Å². The number of benzene rings is 1. The molecule has 1 aromatic carbocycles. The lowest BCUT2D eigenvalue weighted by atomic mass is 9.92. The second kappa shape index (κ2) is 26.8. The van der Waals surface area contributed by atoms with Crippen LogP contribution in [0.1, 0.15) is 46.5 Å². The molecule has 67 heavy (non-hydrogen) atoms. The third-order valence-electron chi connectivity index (χ3n) is 10.3. The van der Waals surface area contributed by atoms with Gasteiger partial charge in [-0.05, 0) is 37.2 Å². The van der Waals surface area contributed by atoms with Crippen molar-refractivity contribution in [3.8, 4) is 0 Å². The number of piperazine rings is 1. The summed E-state index contributed by atoms with van der Waals surface area (Å²) in [5.41, 5.74) is -0.653. The Labute approximate surface area is 384 Å². The van der Waals surface area contributed by atoms with Gasteiger partial charge in [-0.1, -0.05) is 0 Å². The molecule has 6 N–H and O–H groups in total. The normalized spacial score (nSPS) is 14.9. The minimum Gasteiger partial charge on any atom is -0.380 e. The van der Waals surface area contributed by atoms with Gasteiger partial charge in [0.2, 0.25) is 29.1 Å². The van der Waals surface area contributed by atoms with Gasteiger partial charge < -0.3 is 44.7 Å². The van der Waals surface area contributed by atoms with E-state index in [-0.39, 0.29) is 101 Å². The molecule has 0 radical (unpaired) electrons. The summed E-state index contributed by atoms with van der Waals surface area (Å²) < 4.78 is 28.6. The second-order valence-electron chi connectivity index (χ2n) is 15.9. The fourth-order valence-electron chi connectivity index (χ4n) is 6.62. The first-order valence-corrected chi connectivity index (χ1v) is 21.2. The van der Waals surface area contributed by atoms with E-state index in [4.69, 9.17) is 23.6 Å². The highest BCUT2D eigenvalue weighted by Crippen LogP contribution is 2.32. The summed E-state index contributed by atoms with van der Waals surface area (Å²) in [5, 5.41) is 55.6. The molecule has 3 atom stereocenters. The van der Waals surface area contributed by atoms with Crippen LogP contribution in [0, 0.1) is 15.5 Å². The van der Waals surface area contributed by atoms with Crippen molar-refractivity contribution < 1.29 is 77.7 Å². The van der Waals surface area contributed by atoms with Crippen LogP contribution in [0.15, 0.2) is 16.8 Å². The molecule has 3 unspecified atom stereocenters. The van der Waals surface area contributed by atoms with Crippen LogP contribution < -0.4 is 20.9 Å². The molecule has 28 nitrogen and oxygen atoms in total. The number of likely N-dealkylation sites (N-methyl/N-ethyl adjacent to an activating group) is 3. The first-order valence-electron chi connectivity index (χ1n) is 21.2. The van der Waals surface area contributed by atoms with Crippen molar-refractivity contribution in [2.45, 2.75) is 64.6 Å². The summed E-state index contributed by atoms with van der Waals surface area (Å²) in [7, 11) is 3.35. The summed E-state index contributed by atoms with van der Waals surface area (Å²) in [6.45, 7) is 4.21. The fraction of sp³-hybridized carbons (Fsp3) is 0.667. The predicted molar refractivity (Wildman–Crippen MR) is 228 cm³/mol. The highest BCUT2D eigenvalue weighted by molar-refractivity contribution is 5.94. The zero-order valence-electron chi connectivity index (χ0n) is 38.3. The van der Waals surface area contributed by atoms with Gasteiger partial charge in [0.1, 0.15) is 18.1 Å². The Kier molecular flexibility index (Phi) is 22.1.